The smallest absolute Gasteiger partial charge is 0.233 e. The summed E-state index contributed by atoms with van der Waals surface area (Å²) in [5.74, 6) is 1.71. The van der Waals surface area contributed by atoms with Gasteiger partial charge in [-0.25, -0.2) is 9.37 Å². The Morgan fingerprint density at radius 2 is 1.60 bits per heavy atom. The van der Waals surface area contributed by atoms with Gasteiger partial charge < -0.3 is 14.7 Å². The van der Waals surface area contributed by atoms with E-state index in [1.165, 1.54) is 25.0 Å². The molecule has 158 valence electrons. The number of amides is 1. The number of nitrogens with zero attached hydrogens (tertiary/aromatic N) is 5. The van der Waals surface area contributed by atoms with Gasteiger partial charge in [0.1, 0.15) is 11.6 Å². The second-order valence-corrected chi connectivity index (χ2v) is 8.73. The zero-order valence-corrected chi connectivity index (χ0v) is 17.5. The largest absolute Gasteiger partial charge is 0.353 e. The highest BCUT2D eigenvalue weighted by molar-refractivity contribution is 5.91. The van der Waals surface area contributed by atoms with E-state index in [4.69, 9.17) is 4.98 Å². The van der Waals surface area contributed by atoms with Crippen LogP contribution in [0.1, 0.15) is 36.9 Å². The van der Waals surface area contributed by atoms with Crippen LogP contribution < -0.4 is 9.80 Å². The summed E-state index contributed by atoms with van der Waals surface area (Å²) in [5.41, 5.74) is 1.48. The van der Waals surface area contributed by atoms with Gasteiger partial charge in [-0.15, -0.1) is 0 Å². The molecule has 3 fully saturated rings. The molecule has 0 atom stereocenters. The lowest BCUT2D eigenvalue weighted by molar-refractivity contribution is -0.134. The molecule has 3 aliphatic rings. The van der Waals surface area contributed by atoms with Crippen LogP contribution in [0, 0.1) is 12.7 Å². The van der Waals surface area contributed by atoms with Gasteiger partial charge in [0.2, 0.25) is 11.9 Å². The van der Waals surface area contributed by atoms with Crippen molar-refractivity contribution in [3.05, 3.63) is 47.4 Å². The number of rotatable bonds is 4. The molecule has 1 aromatic carbocycles. The molecule has 1 saturated carbocycles. The molecule has 5 rings (SSSR count). The fraction of sp³-hybridized carbons (Fsp3) is 0.522. The minimum Gasteiger partial charge on any atom is -0.353 e. The number of hydrogen-bond donors (Lipinski definition) is 0. The van der Waals surface area contributed by atoms with Crippen molar-refractivity contribution in [2.75, 3.05) is 49.1 Å². The third kappa shape index (κ3) is 3.50. The van der Waals surface area contributed by atoms with Crippen molar-refractivity contribution in [1.29, 1.82) is 0 Å². The fourth-order valence-electron chi connectivity index (χ4n) is 4.72. The molecule has 0 N–H and O–H groups in total. The van der Waals surface area contributed by atoms with Crippen molar-refractivity contribution in [2.45, 2.75) is 38.0 Å². The van der Waals surface area contributed by atoms with Gasteiger partial charge in [0, 0.05) is 51.0 Å². The quantitative estimate of drug-likeness (QED) is 0.777. The highest BCUT2D eigenvalue weighted by Crippen LogP contribution is 2.49. The predicted octanol–water partition coefficient (Wildman–Crippen LogP) is 2.90. The van der Waals surface area contributed by atoms with Crippen LogP contribution in [0.5, 0.6) is 0 Å². The van der Waals surface area contributed by atoms with Gasteiger partial charge in [-0.05, 0) is 50.3 Å². The number of anilines is 2. The first-order valence-electron chi connectivity index (χ1n) is 11.0. The Morgan fingerprint density at radius 3 is 2.23 bits per heavy atom. The third-order valence-corrected chi connectivity index (χ3v) is 6.66. The van der Waals surface area contributed by atoms with E-state index in [-0.39, 0.29) is 11.7 Å². The van der Waals surface area contributed by atoms with Crippen molar-refractivity contribution in [1.82, 2.24) is 14.9 Å². The number of aromatic nitrogens is 2. The Hall–Kier alpha value is -2.70. The molecule has 2 aliphatic heterocycles. The van der Waals surface area contributed by atoms with Crippen LogP contribution >= 0.6 is 0 Å². The summed E-state index contributed by atoms with van der Waals surface area (Å²) in [5, 5.41) is 0. The summed E-state index contributed by atoms with van der Waals surface area (Å²) >= 11 is 0. The zero-order chi connectivity index (χ0) is 20.7. The summed E-state index contributed by atoms with van der Waals surface area (Å²) in [6.45, 7) is 6.97. The van der Waals surface area contributed by atoms with E-state index in [9.17, 15) is 9.18 Å². The number of hydrogen-bond acceptors (Lipinski definition) is 5. The predicted molar refractivity (Wildman–Crippen MR) is 114 cm³/mol. The van der Waals surface area contributed by atoms with Crippen LogP contribution in [0.3, 0.4) is 0 Å². The highest BCUT2D eigenvalue weighted by Gasteiger charge is 2.53. The topological polar surface area (TPSA) is 52.6 Å². The summed E-state index contributed by atoms with van der Waals surface area (Å²) in [7, 11) is 0. The van der Waals surface area contributed by atoms with Gasteiger partial charge >= 0.3 is 0 Å². The number of carbonyl (C=O) groups excluding carboxylic acids is 1. The second-order valence-electron chi connectivity index (χ2n) is 8.73. The van der Waals surface area contributed by atoms with E-state index in [0.717, 1.165) is 62.0 Å². The summed E-state index contributed by atoms with van der Waals surface area (Å²) < 4.78 is 13.3. The zero-order valence-electron chi connectivity index (χ0n) is 17.5. The first-order valence-corrected chi connectivity index (χ1v) is 11.0. The van der Waals surface area contributed by atoms with Gasteiger partial charge in [0.15, 0.2) is 0 Å². The molecule has 0 unspecified atom stereocenters. The first-order chi connectivity index (χ1) is 14.5. The lowest BCUT2D eigenvalue weighted by Gasteiger charge is -2.37. The van der Waals surface area contributed by atoms with Crippen LogP contribution in [-0.4, -0.2) is 60.0 Å². The number of aryl methyl sites for hydroxylation is 1. The molecule has 0 spiro atoms. The van der Waals surface area contributed by atoms with E-state index in [1.54, 1.807) is 12.1 Å². The van der Waals surface area contributed by atoms with E-state index >= 15 is 0 Å². The number of halogens is 1. The maximum absolute atomic E-state index is 13.3. The Bertz CT molecular complexity index is 929. The Balaban J connectivity index is 1.26. The van der Waals surface area contributed by atoms with Crippen LogP contribution in [0.25, 0.3) is 0 Å². The number of piperazine rings is 1. The molecule has 0 bridgehead atoms. The Kier molecular flexibility index (Phi) is 4.83. The van der Waals surface area contributed by atoms with Crippen molar-refractivity contribution >= 4 is 17.7 Å². The molecule has 3 heterocycles. The van der Waals surface area contributed by atoms with E-state index in [2.05, 4.69) is 14.8 Å². The standard InChI is InChI=1S/C23H28FN5O/c1-17-16-20(26-22(25-17)29-10-2-3-11-29)27-12-14-28(15-13-27)21(30)23(8-9-23)18-4-6-19(24)7-5-18/h4-7,16H,2-3,8-15H2,1H3. The molecule has 2 saturated heterocycles. The highest BCUT2D eigenvalue weighted by atomic mass is 19.1. The van der Waals surface area contributed by atoms with Gasteiger partial charge in [-0.3, -0.25) is 4.79 Å². The monoisotopic (exact) mass is 409 g/mol. The minimum absolute atomic E-state index is 0.186. The number of carbonyl (C=O) groups is 1. The van der Waals surface area contributed by atoms with Gasteiger partial charge in [-0.1, -0.05) is 12.1 Å². The van der Waals surface area contributed by atoms with Crippen molar-refractivity contribution in [3.63, 3.8) is 0 Å². The molecule has 1 aliphatic carbocycles. The molecule has 7 heteroatoms. The van der Waals surface area contributed by atoms with E-state index < -0.39 is 5.41 Å². The molecular weight excluding hydrogens is 381 g/mol. The lowest BCUT2D eigenvalue weighted by Crippen LogP contribution is -2.51. The van der Waals surface area contributed by atoms with Crippen LogP contribution in [0.15, 0.2) is 30.3 Å². The maximum atomic E-state index is 13.3. The van der Waals surface area contributed by atoms with Crippen LogP contribution in [0.4, 0.5) is 16.2 Å². The van der Waals surface area contributed by atoms with Crippen molar-refractivity contribution in [2.24, 2.45) is 0 Å². The molecule has 30 heavy (non-hydrogen) atoms. The average Bonchev–Trinajstić information content (AvgIpc) is 3.38. The average molecular weight is 410 g/mol. The molecular formula is C23H28FN5O. The second kappa shape index (κ2) is 7.52. The van der Waals surface area contributed by atoms with Crippen LogP contribution in [0.2, 0.25) is 0 Å². The molecule has 0 radical (unpaired) electrons. The van der Waals surface area contributed by atoms with Crippen molar-refractivity contribution < 1.29 is 9.18 Å². The minimum atomic E-state index is -0.440. The van der Waals surface area contributed by atoms with Crippen LogP contribution in [-0.2, 0) is 10.2 Å². The molecule has 1 amide bonds. The summed E-state index contributed by atoms with van der Waals surface area (Å²) in [6.07, 6.45) is 4.09. The third-order valence-electron chi connectivity index (χ3n) is 6.66. The summed E-state index contributed by atoms with van der Waals surface area (Å²) in [4.78, 5) is 29.2. The Morgan fingerprint density at radius 1 is 0.933 bits per heavy atom. The van der Waals surface area contributed by atoms with Gasteiger partial charge in [-0.2, -0.15) is 4.98 Å². The van der Waals surface area contributed by atoms with Gasteiger partial charge in [0.25, 0.3) is 0 Å². The van der Waals surface area contributed by atoms with Crippen molar-refractivity contribution in [3.8, 4) is 0 Å². The lowest BCUT2D eigenvalue weighted by atomic mass is 9.94. The van der Waals surface area contributed by atoms with E-state index in [1.807, 2.05) is 17.9 Å². The number of benzene rings is 1. The van der Waals surface area contributed by atoms with Gasteiger partial charge in [0.05, 0.1) is 5.41 Å². The normalized spacial score (nSPS) is 20.5. The SMILES string of the molecule is Cc1cc(N2CCN(C(=O)C3(c4ccc(F)cc4)CC3)CC2)nc(N2CCCC2)n1. The Labute approximate surface area is 176 Å². The molecule has 1 aromatic heterocycles. The fourth-order valence-corrected chi connectivity index (χ4v) is 4.72. The molecule has 2 aromatic rings. The maximum Gasteiger partial charge on any atom is 0.233 e. The summed E-state index contributed by atoms with van der Waals surface area (Å²) in [6, 6.07) is 8.48. The molecule has 6 nitrogen and oxygen atoms in total. The first kappa shape index (κ1) is 19.3. The van der Waals surface area contributed by atoms with E-state index in [0.29, 0.717) is 13.1 Å².